The molecule has 0 unspecified atom stereocenters. The van der Waals surface area contributed by atoms with E-state index in [-0.39, 0.29) is 10.6 Å². The van der Waals surface area contributed by atoms with Crippen LogP contribution < -0.4 is 10.2 Å². The number of nitrogens with one attached hydrogen (secondary N) is 1. The number of aromatic nitrogens is 1. The highest BCUT2D eigenvalue weighted by molar-refractivity contribution is 5.61. The number of nitrogens with zero attached hydrogens (tertiary/aromatic N) is 3. The Balaban J connectivity index is 2.30. The lowest BCUT2D eigenvalue weighted by atomic mass is 10.3. The van der Waals surface area contributed by atoms with Crippen molar-refractivity contribution in [2.45, 2.75) is 26.7 Å². The minimum absolute atomic E-state index is 0.0872. The Kier molecular flexibility index (Phi) is 4.19. The number of pyridine rings is 1. The Labute approximate surface area is 113 Å². The van der Waals surface area contributed by atoms with Crippen molar-refractivity contribution < 1.29 is 4.92 Å². The van der Waals surface area contributed by atoms with Crippen molar-refractivity contribution in [2.24, 2.45) is 5.92 Å². The maximum Gasteiger partial charge on any atom is 0.311 e. The minimum atomic E-state index is -0.354. The third-order valence-electron chi connectivity index (χ3n) is 3.27. The SMILES string of the molecule is CCNc1ccc([N+](=O)[O-])c(N(CC)CC2CC2)n1. The van der Waals surface area contributed by atoms with Crippen LogP contribution in [0.15, 0.2) is 12.1 Å². The van der Waals surface area contributed by atoms with Gasteiger partial charge in [0.1, 0.15) is 5.82 Å². The van der Waals surface area contributed by atoms with Gasteiger partial charge in [0.25, 0.3) is 0 Å². The molecule has 1 fully saturated rings. The van der Waals surface area contributed by atoms with E-state index in [9.17, 15) is 10.1 Å². The standard InChI is InChI=1S/C13H20N4O2/c1-3-14-12-8-7-11(17(18)19)13(15-12)16(4-2)9-10-5-6-10/h7-8,10H,3-6,9H2,1-2H3,(H,14,15). The second-order valence-electron chi connectivity index (χ2n) is 4.81. The molecule has 0 amide bonds. The molecule has 1 aromatic rings. The first kappa shape index (κ1) is 13.6. The van der Waals surface area contributed by atoms with Gasteiger partial charge in [0.05, 0.1) is 4.92 Å². The second-order valence-corrected chi connectivity index (χ2v) is 4.81. The zero-order chi connectivity index (χ0) is 13.8. The van der Waals surface area contributed by atoms with Gasteiger partial charge in [-0.05, 0) is 38.7 Å². The van der Waals surface area contributed by atoms with Crippen molar-refractivity contribution in [1.82, 2.24) is 4.98 Å². The number of hydrogen-bond acceptors (Lipinski definition) is 5. The number of hydrogen-bond donors (Lipinski definition) is 1. The van der Waals surface area contributed by atoms with Gasteiger partial charge in [0.2, 0.25) is 5.82 Å². The molecule has 0 atom stereocenters. The summed E-state index contributed by atoms with van der Waals surface area (Å²) in [6, 6.07) is 3.20. The van der Waals surface area contributed by atoms with Crippen molar-refractivity contribution >= 4 is 17.3 Å². The molecule has 1 N–H and O–H groups in total. The first-order valence-electron chi connectivity index (χ1n) is 6.80. The predicted molar refractivity (Wildman–Crippen MR) is 75.7 cm³/mol. The fourth-order valence-electron chi connectivity index (χ4n) is 2.07. The van der Waals surface area contributed by atoms with Gasteiger partial charge >= 0.3 is 5.69 Å². The first-order valence-corrected chi connectivity index (χ1v) is 6.80. The van der Waals surface area contributed by atoms with E-state index in [1.807, 2.05) is 18.7 Å². The van der Waals surface area contributed by atoms with Gasteiger partial charge in [-0.2, -0.15) is 0 Å². The zero-order valence-electron chi connectivity index (χ0n) is 11.4. The molecule has 0 aliphatic heterocycles. The maximum atomic E-state index is 11.1. The van der Waals surface area contributed by atoms with E-state index in [4.69, 9.17) is 0 Å². The third kappa shape index (κ3) is 3.33. The molecule has 0 aromatic carbocycles. The van der Waals surface area contributed by atoms with Crippen molar-refractivity contribution in [1.29, 1.82) is 0 Å². The van der Waals surface area contributed by atoms with Crippen LogP contribution in [0.25, 0.3) is 0 Å². The van der Waals surface area contributed by atoms with Crippen LogP contribution in [0.2, 0.25) is 0 Å². The van der Waals surface area contributed by atoms with Gasteiger partial charge < -0.3 is 10.2 Å². The van der Waals surface area contributed by atoms with E-state index < -0.39 is 0 Å². The van der Waals surface area contributed by atoms with E-state index in [0.717, 1.165) is 19.6 Å². The average molecular weight is 264 g/mol. The summed E-state index contributed by atoms with van der Waals surface area (Å²) in [7, 11) is 0. The molecule has 2 rings (SSSR count). The Hall–Kier alpha value is -1.85. The Bertz CT molecular complexity index is 460. The van der Waals surface area contributed by atoms with Gasteiger partial charge in [-0.1, -0.05) is 0 Å². The molecule has 0 saturated heterocycles. The molecule has 6 nitrogen and oxygen atoms in total. The first-order chi connectivity index (χ1) is 9.15. The fraction of sp³-hybridized carbons (Fsp3) is 0.615. The molecule has 1 aliphatic carbocycles. The molecule has 1 aromatic heterocycles. The second kappa shape index (κ2) is 5.86. The lowest BCUT2D eigenvalue weighted by Gasteiger charge is -2.22. The Morgan fingerprint density at radius 2 is 2.21 bits per heavy atom. The van der Waals surface area contributed by atoms with Gasteiger partial charge in [0.15, 0.2) is 0 Å². The van der Waals surface area contributed by atoms with Crippen LogP contribution >= 0.6 is 0 Å². The summed E-state index contributed by atoms with van der Waals surface area (Å²) in [5.74, 6) is 1.85. The van der Waals surface area contributed by atoms with Crippen molar-refractivity contribution in [3.05, 3.63) is 22.2 Å². The highest BCUT2D eigenvalue weighted by atomic mass is 16.6. The molecule has 1 aliphatic rings. The summed E-state index contributed by atoms with van der Waals surface area (Å²) < 4.78 is 0. The largest absolute Gasteiger partial charge is 0.370 e. The predicted octanol–water partition coefficient (Wildman–Crippen LogP) is 2.66. The van der Waals surface area contributed by atoms with Crippen molar-refractivity contribution in [2.75, 3.05) is 29.9 Å². The third-order valence-corrected chi connectivity index (χ3v) is 3.27. The summed E-state index contributed by atoms with van der Waals surface area (Å²) in [5.41, 5.74) is 0.0872. The lowest BCUT2D eigenvalue weighted by Crippen LogP contribution is -2.27. The van der Waals surface area contributed by atoms with E-state index in [1.165, 1.54) is 18.9 Å². The average Bonchev–Trinajstić information content (AvgIpc) is 3.20. The van der Waals surface area contributed by atoms with E-state index in [0.29, 0.717) is 17.6 Å². The molecule has 0 spiro atoms. The summed E-state index contributed by atoms with van der Waals surface area (Å²) in [6.45, 7) is 6.33. The van der Waals surface area contributed by atoms with E-state index in [2.05, 4.69) is 10.3 Å². The maximum absolute atomic E-state index is 11.1. The number of nitro groups is 1. The van der Waals surface area contributed by atoms with Crippen LogP contribution in [0.1, 0.15) is 26.7 Å². The summed E-state index contributed by atoms with van der Waals surface area (Å²) in [5, 5.41) is 14.2. The van der Waals surface area contributed by atoms with Crippen LogP contribution in [0.5, 0.6) is 0 Å². The van der Waals surface area contributed by atoms with Crippen molar-refractivity contribution in [3.8, 4) is 0 Å². The van der Waals surface area contributed by atoms with E-state index >= 15 is 0 Å². The normalized spacial score (nSPS) is 14.2. The molecule has 0 bridgehead atoms. The zero-order valence-corrected chi connectivity index (χ0v) is 11.4. The fourth-order valence-corrected chi connectivity index (χ4v) is 2.07. The Morgan fingerprint density at radius 1 is 1.47 bits per heavy atom. The van der Waals surface area contributed by atoms with Crippen molar-refractivity contribution in [3.63, 3.8) is 0 Å². The van der Waals surface area contributed by atoms with Crippen LogP contribution in [0.4, 0.5) is 17.3 Å². The minimum Gasteiger partial charge on any atom is -0.370 e. The van der Waals surface area contributed by atoms with Gasteiger partial charge in [-0.25, -0.2) is 4.98 Å². The highest BCUT2D eigenvalue weighted by Crippen LogP contribution is 2.34. The van der Waals surface area contributed by atoms with Crippen LogP contribution in [-0.4, -0.2) is 29.5 Å². The summed E-state index contributed by atoms with van der Waals surface area (Å²) in [4.78, 5) is 17.2. The number of rotatable bonds is 7. The smallest absolute Gasteiger partial charge is 0.311 e. The Morgan fingerprint density at radius 3 is 2.74 bits per heavy atom. The molecule has 104 valence electrons. The molecule has 0 radical (unpaired) electrons. The molecule has 19 heavy (non-hydrogen) atoms. The monoisotopic (exact) mass is 264 g/mol. The molecule has 1 saturated carbocycles. The molecular formula is C13H20N4O2. The van der Waals surface area contributed by atoms with Gasteiger partial charge in [0, 0.05) is 25.7 Å². The summed E-state index contributed by atoms with van der Waals surface area (Å²) in [6.07, 6.45) is 2.44. The summed E-state index contributed by atoms with van der Waals surface area (Å²) >= 11 is 0. The highest BCUT2D eigenvalue weighted by Gasteiger charge is 2.28. The quantitative estimate of drug-likeness (QED) is 0.605. The van der Waals surface area contributed by atoms with Gasteiger partial charge in [-0.3, -0.25) is 10.1 Å². The van der Waals surface area contributed by atoms with Crippen LogP contribution in [-0.2, 0) is 0 Å². The van der Waals surface area contributed by atoms with E-state index in [1.54, 1.807) is 6.07 Å². The molecule has 1 heterocycles. The molecule has 6 heteroatoms. The molecular weight excluding hydrogens is 244 g/mol. The van der Waals surface area contributed by atoms with Crippen LogP contribution in [0, 0.1) is 16.0 Å². The van der Waals surface area contributed by atoms with Gasteiger partial charge in [-0.15, -0.1) is 0 Å². The lowest BCUT2D eigenvalue weighted by molar-refractivity contribution is -0.384. The topological polar surface area (TPSA) is 71.3 Å². The van der Waals surface area contributed by atoms with Crippen LogP contribution in [0.3, 0.4) is 0 Å². The number of anilines is 2.